The molecule has 138 valence electrons. The van der Waals surface area contributed by atoms with Crippen LogP contribution < -0.4 is 5.32 Å². The number of aryl methyl sites for hydroxylation is 1. The van der Waals surface area contributed by atoms with Gasteiger partial charge in [-0.25, -0.2) is 4.68 Å². The molecular formula is C22H24N4O. The van der Waals surface area contributed by atoms with E-state index in [1.54, 1.807) is 10.8 Å². The van der Waals surface area contributed by atoms with Crippen molar-refractivity contribution in [1.82, 2.24) is 20.3 Å². The molecule has 0 fully saturated rings. The first-order valence-corrected chi connectivity index (χ1v) is 9.13. The van der Waals surface area contributed by atoms with Gasteiger partial charge in [-0.3, -0.25) is 4.79 Å². The van der Waals surface area contributed by atoms with Crippen molar-refractivity contribution in [2.24, 2.45) is 0 Å². The van der Waals surface area contributed by atoms with Gasteiger partial charge in [0.05, 0.1) is 18.8 Å². The Morgan fingerprint density at radius 3 is 2.59 bits per heavy atom. The van der Waals surface area contributed by atoms with E-state index in [9.17, 15) is 4.79 Å². The number of hydrogen-bond donors (Lipinski definition) is 1. The number of amides is 1. The summed E-state index contributed by atoms with van der Waals surface area (Å²) in [5.74, 6) is -0.139. The van der Waals surface area contributed by atoms with Gasteiger partial charge in [0.25, 0.3) is 0 Å². The van der Waals surface area contributed by atoms with Crippen molar-refractivity contribution in [1.29, 1.82) is 0 Å². The van der Waals surface area contributed by atoms with Gasteiger partial charge in [0, 0.05) is 6.08 Å². The molecule has 3 rings (SSSR count). The Morgan fingerprint density at radius 1 is 1.15 bits per heavy atom. The summed E-state index contributed by atoms with van der Waals surface area (Å²) in [5, 5.41) is 11.2. The molecule has 0 aliphatic heterocycles. The fraction of sp³-hybridized carbons (Fsp3) is 0.227. The lowest BCUT2D eigenvalue weighted by molar-refractivity contribution is -0.117. The minimum atomic E-state index is -0.139. The van der Waals surface area contributed by atoms with Gasteiger partial charge in [-0.15, -0.1) is 5.10 Å². The second-order valence-corrected chi connectivity index (χ2v) is 6.54. The fourth-order valence-electron chi connectivity index (χ4n) is 2.84. The van der Waals surface area contributed by atoms with Crippen molar-refractivity contribution in [3.63, 3.8) is 0 Å². The Morgan fingerprint density at radius 2 is 1.89 bits per heavy atom. The third-order valence-electron chi connectivity index (χ3n) is 4.35. The van der Waals surface area contributed by atoms with E-state index in [2.05, 4.69) is 53.7 Å². The number of carbonyl (C=O) groups excluding carboxylic acids is 1. The molecule has 1 aromatic heterocycles. The molecule has 0 bridgehead atoms. The van der Waals surface area contributed by atoms with Crippen LogP contribution in [0.1, 0.15) is 41.8 Å². The number of hydrogen-bond acceptors (Lipinski definition) is 3. The first kappa shape index (κ1) is 18.6. The first-order valence-electron chi connectivity index (χ1n) is 9.13. The number of nitrogens with zero attached hydrogens (tertiary/aromatic N) is 3. The lowest BCUT2D eigenvalue weighted by Crippen LogP contribution is -2.26. The van der Waals surface area contributed by atoms with Gasteiger partial charge in [-0.2, -0.15) is 0 Å². The molecule has 0 unspecified atom stereocenters. The highest BCUT2D eigenvalue weighted by molar-refractivity contribution is 5.91. The van der Waals surface area contributed by atoms with Crippen LogP contribution in [0.3, 0.4) is 0 Å². The lowest BCUT2D eigenvalue weighted by Gasteiger charge is -2.16. The molecule has 0 saturated carbocycles. The molecule has 5 heteroatoms. The summed E-state index contributed by atoms with van der Waals surface area (Å²) in [7, 11) is 0. The molecule has 0 aliphatic rings. The molecular weight excluding hydrogens is 336 g/mol. The lowest BCUT2D eigenvalue weighted by atomic mass is 10.0. The van der Waals surface area contributed by atoms with E-state index in [1.165, 1.54) is 11.6 Å². The maximum atomic E-state index is 12.3. The van der Waals surface area contributed by atoms with Crippen molar-refractivity contribution < 1.29 is 4.79 Å². The van der Waals surface area contributed by atoms with Crippen molar-refractivity contribution in [3.05, 3.63) is 89.3 Å². The monoisotopic (exact) mass is 360 g/mol. The zero-order valence-corrected chi connectivity index (χ0v) is 15.7. The quantitative estimate of drug-likeness (QED) is 0.650. The van der Waals surface area contributed by atoms with Gasteiger partial charge in [-0.1, -0.05) is 72.3 Å². The molecule has 1 amide bonds. The van der Waals surface area contributed by atoms with Crippen molar-refractivity contribution >= 4 is 12.0 Å². The van der Waals surface area contributed by atoms with Gasteiger partial charge in [0.2, 0.25) is 5.91 Å². The minimum Gasteiger partial charge on any atom is -0.346 e. The number of rotatable bonds is 7. The highest BCUT2D eigenvalue weighted by Crippen LogP contribution is 2.17. The molecule has 5 nitrogen and oxygen atoms in total. The predicted molar refractivity (Wildman–Crippen MR) is 107 cm³/mol. The van der Waals surface area contributed by atoms with Gasteiger partial charge < -0.3 is 5.32 Å². The van der Waals surface area contributed by atoms with E-state index in [-0.39, 0.29) is 11.9 Å². The Labute approximate surface area is 159 Å². The number of aromatic nitrogens is 3. The normalized spacial score (nSPS) is 12.2. The summed E-state index contributed by atoms with van der Waals surface area (Å²) in [6.07, 6.45) is 5.85. The number of nitrogens with one attached hydrogen (secondary N) is 1. The van der Waals surface area contributed by atoms with Crippen LogP contribution in [0.15, 0.2) is 66.9 Å². The van der Waals surface area contributed by atoms with Crippen LogP contribution in [0.4, 0.5) is 0 Å². The average molecular weight is 360 g/mol. The predicted octanol–water partition coefficient (Wildman–Crippen LogP) is 3.92. The minimum absolute atomic E-state index is 0.00323. The second kappa shape index (κ2) is 8.94. The maximum absolute atomic E-state index is 12.3. The largest absolute Gasteiger partial charge is 0.346 e. The van der Waals surface area contributed by atoms with Crippen LogP contribution in [0.2, 0.25) is 0 Å². The van der Waals surface area contributed by atoms with Crippen LogP contribution in [0, 0.1) is 6.92 Å². The van der Waals surface area contributed by atoms with E-state index >= 15 is 0 Å². The molecule has 27 heavy (non-hydrogen) atoms. The molecule has 0 radical (unpaired) electrons. The summed E-state index contributed by atoms with van der Waals surface area (Å²) < 4.78 is 1.76. The zero-order valence-electron chi connectivity index (χ0n) is 15.7. The third-order valence-corrected chi connectivity index (χ3v) is 4.35. The molecule has 1 atom stereocenters. The van der Waals surface area contributed by atoms with E-state index < -0.39 is 0 Å². The van der Waals surface area contributed by atoms with Crippen molar-refractivity contribution in [2.75, 3.05) is 0 Å². The molecule has 1 N–H and O–H groups in total. The molecule has 0 saturated heterocycles. The number of carbonyl (C=O) groups is 1. The summed E-state index contributed by atoms with van der Waals surface area (Å²) >= 11 is 0. The van der Waals surface area contributed by atoms with Gasteiger partial charge in [-0.05, 0) is 30.5 Å². The van der Waals surface area contributed by atoms with E-state index in [0.717, 1.165) is 17.5 Å². The van der Waals surface area contributed by atoms with Crippen LogP contribution in [0.5, 0.6) is 0 Å². The van der Waals surface area contributed by atoms with Crippen LogP contribution in [-0.4, -0.2) is 20.9 Å². The average Bonchev–Trinajstić information content (AvgIpc) is 3.13. The highest BCUT2D eigenvalue weighted by atomic mass is 16.1. The summed E-state index contributed by atoms with van der Waals surface area (Å²) in [4.78, 5) is 12.3. The summed E-state index contributed by atoms with van der Waals surface area (Å²) in [6.45, 7) is 4.76. The van der Waals surface area contributed by atoms with E-state index in [4.69, 9.17) is 0 Å². The molecule has 2 aromatic carbocycles. The summed E-state index contributed by atoms with van der Waals surface area (Å²) in [5.41, 5.74) is 4.13. The standard InChI is InChI=1S/C22H24N4O/c1-3-21(19-11-9-17(2)10-12-19)23-22(27)14-13-20-16-26(25-24-20)15-18-7-5-4-6-8-18/h4-14,16,21H,3,15H2,1-2H3,(H,23,27)/b14-13+/t21-/m1/s1. The smallest absolute Gasteiger partial charge is 0.244 e. The molecule has 0 aliphatic carbocycles. The Balaban J connectivity index is 1.58. The first-order chi connectivity index (χ1) is 13.1. The van der Waals surface area contributed by atoms with Crippen LogP contribution >= 0.6 is 0 Å². The van der Waals surface area contributed by atoms with Gasteiger partial charge in [0.15, 0.2) is 0 Å². The molecule has 1 heterocycles. The topological polar surface area (TPSA) is 59.8 Å². The van der Waals surface area contributed by atoms with Gasteiger partial charge >= 0.3 is 0 Å². The van der Waals surface area contributed by atoms with E-state index in [1.807, 2.05) is 36.5 Å². The Hall–Kier alpha value is -3.21. The van der Waals surface area contributed by atoms with Crippen LogP contribution in [0.25, 0.3) is 6.08 Å². The summed E-state index contributed by atoms with van der Waals surface area (Å²) in [6, 6.07) is 18.3. The second-order valence-electron chi connectivity index (χ2n) is 6.54. The third kappa shape index (κ3) is 5.38. The van der Waals surface area contributed by atoms with E-state index in [0.29, 0.717) is 12.2 Å². The van der Waals surface area contributed by atoms with Crippen molar-refractivity contribution in [2.45, 2.75) is 32.9 Å². The van der Waals surface area contributed by atoms with Crippen molar-refractivity contribution in [3.8, 4) is 0 Å². The van der Waals surface area contributed by atoms with Crippen LogP contribution in [-0.2, 0) is 11.3 Å². The number of benzene rings is 2. The zero-order chi connectivity index (χ0) is 19.1. The highest BCUT2D eigenvalue weighted by Gasteiger charge is 2.11. The Kier molecular flexibility index (Phi) is 6.15. The molecule has 3 aromatic rings. The molecule has 0 spiro atoms. The van der Waals surface area contributed by atoms with Gasteiger partial charge in [0.1, 0.15) is 5.69 Å². The maximum Gasteiger partial charge on any atom is 0.244 e. The SMILES string of the molecule is CC[C@@H](NC(=O)/C=C/c1cn(Cc2ccccc2)nn1)c1ccc(C)cc1. The fourth-order valence-corrected chi connectivity index (χ4v) is 2.84. The Bertz CT molecular complexity index is 898.